The molecule has 1 heterocycles. The van der Waals surface area contributed by atoms with Gasteiger partial charge < -0.3 is 19.0 Å². The standard InChI is InChI=1S/C24H19F5N2O4/c1-33-19-4-2-14(3-5-19)12-34-22-30-10-20(21(31-22)24(27,28)29)35-13-23(9-16(23)11-32)15-6-17(25)8-18(26)7-15/h2-8,10-11,16H,9,12-13H2,1H3/t16-,23+/m0/s1. The zero-order valence-electron chi connectivity index (χ0n) is 18.3. The number of hydrogen-bond donors (Lipinski definition) is 0. The number of aromatic nitrogens is 2. The highest BCUT2D eigenvalue weighted by Gasteiger charge is 2.56. The van der Waals surface area contributed by atoms with E-state index >= 15 is 0 Å². The van der Waals surface area contributed by atoms with E-state index in [4.69, 9.17) is 14.2 Å². The van der Waals surface area contributed by atoms with Gasteiger partial charge in [-0.15, -0.1) is 0 Å². The Kier molecular flexibility index (Phi) is 6.60. The second-order valence-corrected chi connectivity index (χ2v) is 8.05. The molecule has 0 saturated heterocycles. The average molecular weight is 494 g/mol. The largest absolute Gasteiger partial charge is 0.497 e. The van der Waals surface area contributed by atoms with Crippen molar-refractivity contribution < 1.29 is 41.0 Å². The summed E-state index contributed by atoms with van der Waals surface area (Å²) in [6, 6.07) is 8.91. The molecule has 11 heteroatoms. The van der Waals surface area contributed by atoms with Gasteiger partial charge in [0.15, 0.2) is 11.4 Å². The number of hydrogen-bond acceptors (Lipinski definition) is 6. The molecule has 3 aromatic rings. The van der Waals surface area contributed by atoms with Gasteiger partial charge in [0.05, 0.1) is 19.9 Å². The van der Waals surface area contributed by atoms with E-state index in [0.717, 1.165) is 18.3 Å². The average Bonchev–Trinajstić information content (AvgIpc) is 3.55. The summed E-state index contributed by atoms with van der Waals surface area (Å²) in [5.74, 6) is -2.48. The van der Waals surface area contributed by atoms with E-state index in [9.17, 15) is 26.7 Å². The molecule has 6 nitrogen and oxygen atoms in total. The third-order valence-corrected chi connectivity index (χ3v) is 5.75. The first kappa shape index (κ1) is 24.4. The minimum Gasteiger partial charge on any atom is -0.497 e. The summed E-state index contributed by atoms with van der Waals surface area (Å²) < 4.78 is 84.2. The van der Waals surface area contributed by atoms with Crippen LogP contribution in [-0.4, -0.2) is 30.0 Å². The first-order valence-electron chi connectivity index (χ1n) is 10.4. The minimum absolute atomic E-state index is 0.0866. The van der Waals surface area contributed by atoms with Crippen LogP contribution in [0.5, 0.6) is 17.5 Å². The van der Waals surface area contributed by atoms with Crippen molar-refractivity contribution in [1.29, 1.82) is 0 Å². The number of nitrogens with zero attached hydrogens (tertiary/aromatic N) is 2. The number of aldehydes is 1. The van der Waals surface area contributed by atoms with Crippen molar-refractivity contribution >= 4 is 6.29 Å². The van der Waals surface area contributed by atoms with E-state index < -0.39 is 53.2 Å². The molecule has 1 aliphatic carbocycles. The van der Waals surface area contributed by atoms with Crippen LogP contribution >= 0.6 is 0 Å². The van der Waals surface area contributed by atoms with Gasteiger partial charge in [0.1, 0.15) is 30.3 Å². The van der Waals surface area contributed by atoms with Gasteiger partial charge in [-0.3, -0.25) is 0 Å². The van der Waals surface area contributed by atoms with Crippen molar-refractivity contribution in [2.24, 2.45) is 5.92 Å². The third-order valence-electron chi connectivity index (χ3n) is 5.75. The molecular weight excluding hydrogens is 475 g/mol. The molecule has 1 aliphatic rings. The van der Waals surface area contributed by atoms with Crippen molar-refractivity contribution in [2.45, 2.75) is 24.6 Å². The number of alkyl halides is 3. The summed E-state index contributed by atoms with van der Waals surface area (Å²) in [5, 5.41) is 0. The number of carbonyl (C=O) groups excluding carboxylic acids is 1. The van der Waals surface area contributed by atoms with Gasteiger partial charge in [-0.05, 0) is 41.8 Å². The zero-order chi connectivity index (χ0) is 25.2. The van der Waals surface area contributed by atoms with Gasteiger partial charge in [0.2, 0.25) is 0 Å². The first-order valence-corrected chi connectivity index (χ1v) is 10.4. The molecule has 4 rings (SSSR count). The SMILES string of the molecule is COc1ccc(COc2ncc(OC[C@@]3(c4cc(F)cc(F)c4)C[C@H]3C=O)c(C(F)(F)F)n2)cc1. The van der Waals surface area contributed by atoms with E-state index in [1.807, 2.05) is 0 Å². The van der Waals surface area contributed by atoms with Crippen molar-refractivity contribution in [3.05, 3.63) is 77.1 Å². The van der Waals surface area contributed by atoms with Crippen LogP contribution in [0, 0.1) is 17.6 Å². The maximum atomic E-state index is 13.7. The number of halogens is 5. The summed E-state index contributed by atoms with van der Waals surface area (Å²) in [5.41, 5.74) is -1.75. The van der Waals surface area contributed by atoms with Crippen LogP contribution in [0.1, 0.15) is 23.2 Å². The second kappa shape index (κ2) is 9.47. The molecule has 0 aliphatic heterocycles. The Bertz CT molecular complexity index is 1200. The van der Waals surface area contributed by atoms with Crippen LogP contribution in [0.25, 0.3) is 0 Å². The van der Waals surface area contributed by atoms with E-state index in [1.165, 1.54) is 7.11 Å². The molecule has 2 atom stereocenters. The number of ether oxygens (including phenoxy) is 3. The van der Waals surface area contributed by atoms with E-state index in [-0.39, 0.29) is 18.6 Å². The summed E-state index contributed by atoms with van der Waals surface area (Å²) in [6.07, 6.45) is -3.33. The zero-order valence-corrected chi connectivity index (χ0v) is 18.3. The second-order valence-electron chi connectivity index (χ2n) is 8.05. The molecule has 1 saturated carbocycles. The Balaban J connectivity index is 1.53. The van der Waals surface area contributed by atoms with Crippen LogP contribution < -0.4 is 14.2 Å². The van der Waals surface area contributed by atoms with Crippen molar-refractivity contribution in [3.63, 3.8) is 0 Å². The maximum Gasteiger partial charge on any atom is 0.437 e. The molecule has 2 aromatic carbocycles. The fourth-order valence-electron chi connectivity index (χ4n) is 3.74. The van der Waals surface area contributed by atoms with Crippen LogP contribution in [0.15, 0.2) is 48.7 Å². The smallest absolute Gasteiger partial charge is 0.437 e. The molecule has 0 N–H and O–H groups in total. The third kappa shape index (κ3) is 5.33. The molecule has 0 bridgehead atoms. The van der Waals surface area contributed by atoms with E-state index in [2.05, 4.69) is 9.97 Å². The lowest BCUT2D eigenvalue weighted by Gasteiger charge is -2.20. The van der Waals surface area contributed by atoms with Gasteiger partial charge in [0, 0.05) is 17.4 Å². The highest BCUT2D eigenvalue weighted by Crippen LogP contribution is 2.54. The monoisotopic (exact) mass is 494 g/mol. The highest BCUT2D eigenvalue weighted by molar-refractivity contribution is 5.64. The Hall–Kier alpha value is -3.76. The van der Waals surface area contributed by atoms with Crippen LogP contribution in [-0.2, 0) is 23.0 Å². The fraction of sp³-hybridized carbons (Fsp3) is 0.292. The summed E-state index contributed by atoms with van der Waals surface area (Å²) in [7, 11) is 1.50. The van der Waals surface area contributed by atoms with Crippen LogP contribution in [0.4, 0.5) is 22.0 Å². The van der Waals surface area contributed by atoms with Crippen LogP contribution in [0.3, 0.4) is 0 Å². The molecule has 0 radical (unpaired) electrons. The summed E-state index contributed by atoms with van der Waals surface area (Å²) in [4.78, 5) is 18.6. The van der Waals surface area contributed by atoms with Crippen molar-refractivity contribution in [2.75, 3.05) is 13.7 Å². The summed E-state index contributed by atoms with van der Waals surface area (Å²) in [6.45, 7) is -0.519. The molecule has 184 valence electrons. The van der Waals surface area contributed by atoms with Crippen molar-refractivity contribution in [3.8, 4) is 17.5 Å². The predicted octanol–water partition coefficient (Wildman–Crippen LogP) is 4.90. The molecule has 0 unspecified atom stereocenters. The Morgan fingerprint density at radius 2 is 1.77 bits per heavy atom. The van der Waals surface area contributed by atoms with Gasteiger partial charge in [-0.2, -0.15) is 23.1 Å². The Labute approximate surface area is 196 Å². The topological polar surface area (TPSA) is 70.5 Å². The summed E-state index contributed by atoms with van der Waals surface area (Å²) >= 11 is 0. The molecule has 0 amide bonds. The number of carbonyl (C=O) groups is 1. The van der Waals surface area contributed by atoms with Gasteiger partial charge in [-0.25, -0.2) is 8.78 Å². The molecule has 1 fully saturated rings. The molecular formula is C24H19F5N2O4. The van der Waals surface area contributed by atoms with E-state index in [0.29, 0.717) is 23.7 Å². The van der Waals surface area contributed by atoms with Crippen molar-refractivity contribution in [1.82, 2.24) is 9.97 Å². The van der Waals surface area contributed by atoms with Gasteiger partial charge in [-0.1, -0.05) is 12.1 Å². The van der Waals surface area contributed by atoms with E-state index in [1.54, 1.807) is 24.3 Å². The minimum atomic E-state index is -4.90. The number of rotatable bonds is 9. The molecule has 35 heavy (non-hydrogen) atoms. The quantitative estimate of drug-likeness (QED) is 0.312. The normalized spacial score (nSPS) is 19.2. The lowest BCUT2D eigenvalue weighted by molar-refractivity contribution is -0.143. The number of methoxy groups -OCH3 is 1. The maximum absolute atomic E-state index is 13.7. The fourth-order valence-corrected chi connectivity index (χ4v) is 3.74. The van der Waals surface area contributed by atoms with Gasteiger partial charge in [0.25, 0.3) is 0 Å². The lowest BCUT2D eigenvalue weighted by atomic mass is 9.94. The Morgan fingerprint density at radius 1 is 1.09 bits per heavy atom. The molecule has 0 spiro atoms. The Morgan fingerprint density at radius 3 is 2.34 bits per heavy atom. The predicted molar refractivity (Wildman–Crippen MR) is 112 cm³/mol. The molecule has 1 aromatic heterocycles. The first-order chi connectivity index (χ1) is 16.6. The lowest BCUT2D eigenvalue weighted by Crippen LogP contribution is -2.23. The number of benzene rings is 2. The van der Waals surface area contributed by atoms with Crippen LogP contribution in [0.2, 0.25) is 0 Å². The highest BCUT2D eigenvalue weighted by atomic mass is 19.4. The van der Waals surface area contributed by atoms with Gasteiger partial charge >= 0.3 is 12.2 Å².